The zero-order valence-corrected chi connectivity index (χ0v) is 15.5. The van der Waals surface area contributed by atoms with Crippen LogP contribution in [0.4, 0.5) is 4.39 Å². The number of nitrogens with zero attached hydrogens (tertiary/aromatic N) is 3. The van der Waals surface area contributed by atoms with Gasteiger partial charge in [-0.05, 0) is 38.5 Å². The number of sulfonamides is 1. The molecule has 0 spiro atoms. The number of carboxylic acids is 1. The van der Waals surface area contributed by atoms with Gasteiger partial charge in [0.2, 0.25) is 15.9 Å². The van der Waals surface area contributed by atoms with Gasteiger partial charge in [0, 0.05) is 18.3 Å². The van der Waals surface area contributed by atoms with Gasteiger partial charge in [0.1, 0.15) is 17.7 Å². The molecule has 0 unspecified atom stereocenters. The van der Waals surface area contributed by atoms with Crippen LogP contribution in [0, 0.1) is 19.7 Å². The van der Waals surface area contributed by atoms with Gasteiger partial charge in [-0.25, -0.2) is 22.6 Å². The first-order valence-corrected chi connectivity index (χ1v) is 9.63. The molecule has 3 rings (SSSR count). The minimum absolute atomic E-state index is 0.0875. The standard InChI is InChI=1S/C17H18FN3O5S/c1-10-7-16(20-11(2)19-10)26-12-5-6-21(9-12)27(24,25)13-3-4-15(18)14(8-13)17(22)23/h3-4,7-8,12H,5-6,9H2,1-2H3,(H,22,23)/t12-/m0/s1. The molecule has 1 fully saturated rings. The number of aromatic nitrogens is 2. The van der Waals surface area contributed by atoms with E-state index in [1.807, 2.05) is 6.92 Å². The molecule has 1 aliphatic rings. The Morgan fingerprint density at radius 3 is 2.70 bits per heavy atom. The van der Waals surface area contributed by atoms with E-state index in [1.54, 1.807) is 13.0 Å². The largest absolute Gasteiger partial charge is 0.478 e. The van der Waals surface area contributed by atoms with Gasteiger partial charge in [-0.3, -0.25) is 0 Å². The number of rotatable bonds is 5. The molecule has 8 nitrogen and oxygen atoms in total. The maximum absolute atomic E-state index is 13.5. The fourth-order valence-electron chi connectivity index (χ4n) is 2.90. The number of ether oxygens (including phenoxy) is 1. The van der Waals surface area contributed by atoms with Gasteiger partial charge in [-0.15, -0.1) is 0 Å². The first kappa shape index (κ1) is 19.2. The van der Waals surface area contributed by atoms with Crippen molar-refractivity contribution in [2.45, 2.75) is 31.3 Å². The zero-order chi connectivity index (χ0) is 19.8. The number of hydrogen-bond donors (Lipinski definition) is 1. The highest BCUT2D eigenvalue weighted by Gasteiger charge is 2.34. The predicted octanol–water partition coefficient (Wildman–Crippen LogP) is 1.77. The summed E-state index contributed by atoms with van der Waals surface area (Å²) < 4.78 is 46.0. The second-order valence-corrected chi connectivity index (χ2v) is 8.17. The lowest BCUT2D eigenvalue weighted by atomic mass is 10.2. The van der Waals surface area contributed by atoms with Crippen LogP contribution in [0.25, 0.3) is 0 Å². The number of halogens is 1. The zero-order valence-electron chi connectivity index (χ0n) is 14.7. The Morgan fingerprint density at radius 2 is 2.04 bits per heavy atom. The Labute approximate surface area is 155 Å². The smallest absolute Gasteiger partial charge is 0.338 e. The molecule has 1 aromatic heterocycles. The molecule has 27 heavy (non-hydrogen) atoms. The second-order valence-electron chi connectivity index (χ2n) is 6.23. The van der Waals surface area contributed by atoms with Crippen LogP contribution >= 0.6 is 0 Å². The molecule has 2 heterocycles. The SMILES string of the molecule is Cc1cc(O[C@H]2CCN(S(=O)(=O)c3ccc(F)c(C(=O)O)c3)C2)nc(C)n1. The highest BCUT2D eigenvalue weighted by Crippen LogP contribution is 2.25. The monoisotopic (exact) mass is 395 g/mol. The summed E-state index contributed by atoms with van der Waals surface area (Å²) in [7, 11) is -3.96. The lowest BCUT2D eigenvalue weighted by Gasteiger charge is -2.17. The molecule has 0 bridgehead atoms. The molecule has 0 amide bonds. The number of aromatic carboxylic acids is 1. The quantitative estimate of drug-likeness (QED) is 0.822. The summed E-state index contributed by atoms with van der Waals surface area (Å²) in [5.74, 6) is -1.58. The van der Waals surface area contributed by atoms with E-state index in [4.69, 9.17) is 9.84 Å². The van der Waals surface area contributed by atoms with Crippen molar-refractivity contribution in [3.8, 4) is 5.88 Å². The highest BCUT2D eigenvalue weighted by atomic mass is 32.2. The van der Waals surface area contributed by atoms with E-state index < -0.39 is 33.5 Å². The number of aryl methyl sites for hydroxylation is 2. The van der Waals surface area contributed by atoms with Gasteiger partial charge < -0.3 is 9.84 Å². The van der Waals surface area contributed by atoms with Crippen molar-refractivity contribution in [3.63, 3.8) is 0 Å². The van der Waals surface area contributed by atoms with Crippen LogP contribution in [-0.2, 0) is 10.0 Å². The van der Waals surface area contributed by atoms with Crippen LogP contribution < -0.4 is 4.74 Å². The summed E-state index contributed by atoms with van der Waals surface area (Å²) in [5, 5.41) is 8.99. The topological polar surface area (TPSA) is 110 Å². The fraction of sp³-hybridized carbons (Fsp3) is 0.353. The predicted molar refractivity (Wildman–Crippen MR) is 92.7 cm³/mol. The molecule has 144 valence electrons. The van der Waals surface area contributed by atoms with Gasteiger partial charge in [-0.2, -0.15) is 9.29 Å². The van der Waals surface area contributed by atoms with E-state index in [1.165, 1.54) is 4.31 Å². The van der Waals surface area contributed by atoms with Gasteiger partial charge in [-0.1, -0.05) is 0 Å². The second kappa shape index (κ2) is 7.20. The molecule has 1 aliphatic heterocycles. The number of carbonyl (C=O) groups is 1. The van der Waals surface area contributed by atoms with Crippen LogP contribution in [-0.4, -0.2) is 53.0 Å². The Kier molecular flexibility index (Phi) is 5.11. The van der Waals surface area contributed by atoms with Gasteiger partial charge in [0.05, 0.1) is 17.0 Å². The fourth-order valence-corrected chi connectivity index (χ4v) is 4.42. The Balaban J connectivity index is 1.77. The van der Waals surface area contributed by atoms with E-state index in [2.05, 4.69) is 9.97 Å². The molecule has 2 aromatic rings. The van der Waals surface area contributed by atoms with Crippen molar-refractivity contribution in [3.05, 3.63) is 47.2 Å². The Hall–Kier alpha value is -2.59. The first-order chi connectivity index (χ1) is 12.7. The van der Waals surface area contributed by atoms with Gasteiger partial charge in [0.15, 0.2) is 0 Å². The molecule has 1 N–H and O–H groups in total. The third kappa shape index (κ3) is 4.06. The minimum atomic E-state index is -3.96. The maximum atomic E-state index is 13.5. The molecular formula is C17H18FN3O5S. The average molecular weight is 395 g/mol. The molecule has 1 atom stereocenters. The van der Waals surface area contributed by atoms with Crippen molar-refractivity contribution in [1.82, 2.24) is 14.3 Å². The molecule has 1 saturated heterocycles. The van der Waals surface area contributed by atoms with Crippen molar-refractivity contribution < 1.29 is 27.4 Å². The van der Waals surface area contributed by atoms with E-state index in [0.29, 0.717) is 18.1 Å². The van der Waals surface area contributed by atoms with Crippen LogP contribution in [0.15, 0.2) is 29.2 Å². The van der Waals surface area contributed by atoms with Crippen LogP contribution in [0.3, 0.4) is 0 Å². The lowest BCUT2D eigenvalue weighted by molar-refractivity contribution is 0.0691. The van der Waals surface area contributed by atoms with Crippen molar-refractivity contribution >= 4 is 16.0 Å². The first-order valence-electron chi connectivity index (χ1n) is 8.19. The molecule has 0 saturated carbocycles. The summed E-state index contributed by atoms with van der Waals surface area (Å²) >= 11 is 0. The third-order valence-electron chi connectivity index (χ3n) is 4.14. The molecule has 1 aromatic carbocycles. The number of hydrogen-bond acceptors (Lipinski definition) is 6. The van der Waals surface area contributed by atoms with E-state index in [-0.39, 0.29) is 18.0 Å². The molecule has 0 radical (unpaired) electrons. The van der Waals surface area contributed by atoms with Crippen molar-refractivity contribution in [2.75, 3.05) is 13.1 Å². The summed E-state index contributed by atoms with van der Waals surface area (Å²) in [6.45, 7) is 3.83. The minimum Gasteiger partial charge on any atom is -0.478 e. The molecule has 0 aliphatic carbocycles. The van der Waals surface area contributed by atoms with Gasteiger partial charge in [0.25, 0.3) is 0 Å². The van der Waals surface area contributed by atoms with E-state index >= 15 is 0 Å². The summed E-state index contributed by atoms with van der Waals surface area (Å²) in [6.07, 6.45) is 0.0572. The van der Waals surface area contributed by atoms with Crippen molar-refractivity contribution in [1.29, 1.82) is 0 Å². The van der Waals surface area contributed by atoms with Gasteiger partial charge >= 0.3 is 5.97 Å². The Bertz CT molecular complexity index is 976. The molecule has 10 heteroatoms. The highest BCUT2D eigenvalue weighted by molar-refractivity contribution is 7.89. The number of benzene rings is 1. The van der Waals surface area contributed by atoms with Crippen LogP contribution in [0.5, 0.6) is 5.88 Å². The number of carboxylic acid groups (broad SMARTS) is 1. The summed E-state index contributed by atoms with van der Waals surface area (Å²) in [4.78, 5) is 19.1. The van der Waals surface area contributed by atoms with Crippen LogP contribution in [0.1, 0.15) is 28.3 Å². The van der Waals surface area contributed by atoms with E-state index in [0.717, 1.165) is 23.9 Å². The maximum Gasteiger partial charge on any atom is 0.338 e. The Morgan fingerprint density at radius 1 is 1.30 bits per heavy atom. The normalized spacial score (nSPS) is 17.8. The average Bonchev–Trinajstić information content (AvgIpc) is 3.03. The van der Waals surface area contributed by atoms with E-state index in [9.17, 15) is 17.6 Å². The lowest BCUT2D eigenvalue weighted by Crippen LogP contribution is -2.31. The summed E-state index contributed by atoms with van der Waals surface area (Å²) in [6, 6.07) is 4.40. The van der Waals surface area contributed by atoms with Crippen LogP contribution in [0.2, 0.25) is 0 Å². The summed E-state index contributed by atoms with van der Waals surface area (Å²) in [5.41, 5.74) is 0.0579. The van der Waals surface area contributed by atoms with Crippen molar-refractivity contribution in [2.24, 2.45) is 0 Å². The molecular weight excluding hydrogens is 377 g/mol. The third-order valence-corrected chi connectivity index (χ3v) is 6.00.